The zero-order chi connectivity index (χ0) is 15.2. The summed E-state index contributed by atoms with van der Waals surface area (Å²) >= 11 is 3.50. The molecule has 4 nitrogen and oxygen atoms in total. The highest BCUT2D eigenvalue weighted by Gasteiger charge is 2.18. The van der Waals surface area contributed by atoms with Crippen LogP contribution in [0, 0.1) is 5.82 Å². The molecule has 0 radical (unpaired) electrons. The fraction of sp³-hybridized carbons (Fsp3) is 0.467. The Morgan fingerprint density at radius 1 is 1.38 bits per heavy atom. The van der Waals surface area contributed by atoms with Gasteiger partial charge in [-0.15, -0.1) is 0 Å². The van der Waals surface area contributed by atoms with E-state index in [-0.39, 0.29) is 11.9 Å². The molecule has 0 bridgehead atoms. The zero-order valence-electron chi connectivity index (χ0n) is 12.3. The molecule has 2 aromatic rings. The number of rotatable bonds is 7. The van der Waals surface area contributed by atoms with Crippen LogP contribution in [-0.4, -0.2) is 21.3 Å². The van der Waals surface area contributed by atoms with E-state index >= 15 is 0 Å². The molecule has 0 aliphatic heterocycles. The molecular formula is C15H20BrFN4. The van der Waals surface area contributed by atoms with E-state index in [1.54, 1.807) is 18.5 Å². The van der Waals surface area contributed by atoms with Gasteiger partial charge in [0.15, 0.2) is 0 Å². The Morgan fingerprint density at radius 2 is 2.19 bits per heavy atom. The maximum atomic E-state index is 13.5. The first kappa shape index (κ1) is 16.1. The van der Waals surface area contributed by atoms with Gasteiger partial charge < -0.3 is 5.32 Å². The standard InChI is InChI=1S/C15H20BrFN4/c1-3-7-21-15(19-10-20-21)9-14(18-4-2)12-8-11(17)5-6-13(12)16/h5-6,8,10,14,18H,3-4,7,9H2,1-2H3. The molecule has 114 valence electrons. The normalized spacial score (nSPS) is 12.6. The van der Waals surface area contributed by atoms with E-state index in [1.807, 2.05) is 11.6 Å². The summed E-state index contributed by atoms with van der Waals surface area (Å²) in [5.74, 6) is 0.685. The fourth-order valence-electron chi connectivity index (χ4n) is 2.35. The average molecular weight is 355 g/mol. The van der Waals surface area contributed by atoms with Crippen LogP contribution in [0.4, 0.5) is 4.39 Å². The molecule has 0 aliphatic carbocycles. The quantitative estimate of drug-likeness (QED) is 0.827. The predicted octanol–water partition coefficient (Wildman–Crippen LogP) is 3.48. The molecule has 0 saturated heterocycles. The van der Waals surface area contributed by atoms with Gasteiger partial charge in [-0.1, -0.05) is 29.8 Å². The molecule has 2 rings (SSSR count). The molecule has 1 aromatic carbocycles. The minimum absolute atomic E-state index is 0.000110. The lowest BCUT2D eigenvalue weighted by molar-refractivity contribution is 0.495. The van der Waals surface area contributed by atoms with E-state index in [2.05, 4.69) is 38.3 Å². The third-order valence-corrected chi connectivity index (χ3v) is 4.02. The van der Waals surface area contributed by atoms with Gasteiger partial charge in [-0.05, 0) is 36.7 Å². The van der Waals surface area contributed by atoms with Gasteiger partial charge in [0, 0.05) is 23.5 Å². The maximum absolute atomic E-state index is 13.5. The van der Waals surface area contributed by atoms with Crippen LogP contribution in [0.15, 0.2) is 29.0 Å². The summed E-state index contributed by atoms with van der Waals surface area (Å²) in [6, 6.07) is 4.76. The zero-order valence-corrected chi connectivity index (χ0v) is 13.9. The molecule has 1 heterocycles. The van der Waals surface area contributed by atoms with E-state index in [0.717, 1.165) is 35.4 Å². The average Bonchev–Trinajstić information content (AvgIpc) is 2.89. The molecule has 0 aliphatic rings. The van der Waals surface area contributed by atoms with Crippen LogP contribution in [0.25, 0.3) is 0 Å². The lowest BCUT2D eigenvalue weighted by atomic mass is 10.0. The highest BCUT2D eigenvalue weighted by atomic mass is 79.9. The van der Waals surface area contributed by atoms with Crippen molar-refractivity contribution in [2.45, 2.75) is 39.3 Å². The third-order valence-electron chi connectivity index (χ3n) is 3.30. The molecule has 1 aromatic heterocycles. The topological polar surface area (TPSA) is 42.7 Å². The number of hydrogen-bond donors (Lipinski definition) is 1. The molecule has 0 amide bonds. The van der Waals surface area contributed by atoms with E-state index in [0.29, 0.717) is 6.42 Å². The third kappa shape index (κ3) is 4.11. The van der Waals surface area contributed by atoms with Crippen molar-refractivity contribution in [2.75, 3.05) is 6.54 Å². The Morgan fingerprint density at radius 3 is 2.90 bits per heavy atom. The Balaban J connectivity index is 2.26. The van der Waals surface area contributed by atoms with Gasteiger partial charge in [0.25, 0.3) is 0 Å². The molecule has 1 unspecified atom stereocenters. The van der Waals surface area contributed by atoms with Gasteiger partial charge in [0.1, 0.15) is 18.0 Å². The Hall–Kier alpha value is -1.27. The van der Waals surface area contributed by atoms with E-state index in [4.69, 9.17) is 0 Å². The fourth-order valence-corrected chi connectivity index (χ4v) is 2.87. The Kier molecular flexibility index (Phi) is 5.87. The smallest absolute Gasteiger partial charge is 0.138 e. The van der Waals surface area contributed by atoms with Gasteiger partial charge in [-0.2, -0.15) is 5.10 Å². The second-order valence-corrected chi connectivity index (χ2v) is 5.73. The highest BCUT2D eigenvalue weighted by molar-refractivity contribution is 9.10. The summed E-state index contributed by atoms with van der Waals surface area (Å²) < 4.78 is 16.4. The minimum Gasteiger partial charge on any atom is -0.310 e. The van der Waals surface area contributed by atoms with Gasteiger partial charge in [0.05, 0.1) is 0 Å². The first-order valence-corrected chi connectivity index (χ1v) is 8.00. The molecule has 21 heavy (non-hydrogen) atoms. The monoisotopic (exact) mass is 354 g/mol. The van der Waals surface area contributed by atoms with Crippen LogP contribution in [0.5, 0.6) is 0 Å². The van der Waals surface area contributed by atoms with Crippen LogP contribution in [0.1, 0.15) is 37.7 Å². The summed E-state index contributed by atoms with van der Waals surface area (Å²) in [4.78, 5) is 4.34. The van der Waals surface area contributed by atoms with Gasteiger partial charge >= 0.3 is 0 Å². The number of aromatic nitrogens is 3. The molecule has 0 spiro atoms. The lowest BCUT2D eigenvalue weighted by Gasteiger charge is -2.19. The van der Waals surface area contributed by atoms with Crippen molar-refractivity contribution in [1.29, 1.82) is 0 Å². The second kappa shape index (κ2) is 7.66. The van der Waals surface area contributed by atoms with Crippen molar-refractivity contribution in [2.24, 2.45) is 0 Å². The summed E-state index contributed by atoms with van der Waals surface area (Å²) in [5.41, 5.74) is 0.905. The number of benzene rings is 1. The molecule has 1 N–H and O–H groups in total. The van der Waals surface area contributed by atoms with Gasteiger partial charge in [-0.25, -0.2) is 9.37 Å². The van der Waals surface area contributed by atoms with Crippen molar-refractivity contribution < 1.29 is 4.39 Å². The maximum Gasteiger partial charge on any atom is 0.138 e. The first-order chi connectivity index (χ1) is 10.2. The molecular weight excluding hydrogens is 335 g/mol. The number of likely N-dealkylation sites (N-methyl/N-ethyl adjacent to an activating group) is 1. The Labute approximate surface area is 132 Å². The first-order valence-electron chi connectivity index (χ1n) is 7.20. The van der Waals surface area contributed by atoms with E-state index in [9.17, 15) is 4.39 Å². The number of hydrogen-bond acceptors (Lipinski definition) is 3. The number of aryl methyl sites for hydroxylation is 1. The summed E-state index contributed by atoms with van der Waals surface area (Å²) in [6.07, 6.45) is 3.26. The van der Waals surface area contributed by atoms with Crippen LogP contribution in [-0.2, 0) is 13.0 Å². The lowest BCUT2D eigenvalue weighted by Crippen LogP contribution is -2.25. The number of halogens is 2. The van der Waals surface area contributed by atoms with Crippen molar-refractivity contribution in [3.63, 3.8) is 0 Å². The van der Waals surface area contributed by atoms with E-state index < -0.39 is 0 Å². The second-order valence-electron chi connectivity index (χ2n) is 4.88. The minimum atomic E-state index is -0.230. The van der Waals surface area contributed by atoms with Crippen LogP contribution in [0.2, 0.25) is 0 Å². The molecule has 6 heteroatoms. The number of nitrogens with one attached hydrogen (secondary N) is 1. The van der Waals surface area contributed by atoms with Crippen LogP contribution < -0.4 is 5.32 Å². The van der Waals surface area contributed by atoms with Crippen LogP contribution in [0.3, 0.4) is 0 Å². The predicted molar refractivity (Wildman–Crippen MR) is 84.5 cm³/mol. The van der Waals surface area contributed by atoms with Crippen molar-refractivity contribution >= 4 is 15.9 Å². The largest absolute Gasteiger partial charge is 0.310 e. The SMILES string of the molecule is CCCn1ncnc1CC(NCC)c1cc(F)ccc1Br. The Bertz CT molecular complexity index is 585. The van der Waals surface area contributed by atoms with Crippen molar-refractivity contribution in [3.05, 3.63) is 46.2 Å². The summed E-state index contributed by atoms with van der Waals surface area (Å²) in [5, 5.41) is 7.64. The van der Waals surface area contributed by atoms with Gasteiger partial charge in [-0.3, -0.25) is 4.68 Å². The summed E-state index contributed by atoms with van der Waals surface area (Å²) in [7, 11) is 0. The van der Waals surface area contributed by atoms with Crippen molar-refractivity contribution in [3.8, 4) is 0 Å². The number of nitrogens with zero attached hydrogens (tertiary/aromatic N) is 3. The van der Waals surface area contributed by atoms with E-state index in [1.165, 1.54) is 6.07 Å². The molecule has 0 fully saturated rings. The van der Waals surface area contributed by atoms with Crippen molar-refractivity contribution in [1.82, 2.24) is 20.1 Å². The van der Waals surface area contributed by atoms with Gasteiger partial charge in [0.2, 0.25) is 0 Å². The summed E-state index contributed by atoms with van der Waals surface area (Å²) in [6.45, 7) is 5.79. The highest BCUT2D eigenvalue weighted by Crippen LogP contribution is 2.26. The van der Waals surface area contributed by atoms with Crippen LogP contribution >= 0.6 is 15.9 Å². The molecule has 1 atom stereocenters. The molecule has 0 saturated carbocycles.